The molecular weight excluding hydrogens is 396 g/mol. The molecule has 0 saturated carbocycles. The van der Waals surface area contributed by atoms with Crippen LogP contribution >= 0.6 is 39.7 Å². The van der Waals surface area contributed by atoms with Gasteiger partial charge in [-0.3, -0.25) is 4.72 Å². The van der Waals surface area contributed by atoms with E-state index >= 15 is 0 Å². The second-order valence-corrected chi connectivity index (χ2v) is 7.59. The van der Waals surface area contributed by atoms with Crippen LogP contribution in [0, 0.1) is 0 Å². The monoisotopic (exact) mass is 404 g/mol. The first-order valence-electron chi connectivity index (χ1n) is 5.67. The predicted molar refractivity (Wildman–Crippen MR) is 92.3 cm³/mol. The summed E-state index contributed by atoms with van der Waals surface area (Å²) in [4.78, 5) is 0.206. The van der Waals surface area contributed by atoms with Gasteiger partial charge in [0.05, 0.1) is 10.6 Å². The van der Waals surface area contributed by atoms with E-state index in [1.807, 2.05) is 0 Å². The van der Waals surface area contributed by atoms with Crippen LogP contribution in [0.2, 0.25) is 5.02 Å². The number of thiocarbonyl (C=S) groups is 1. The number of rotatable bonds is 4. The van der Waals surface area contributed by atoms with Crippen molar-refractivity contribution in [3.05, 3.63) is 57.5 Å². The van der Waals surface area contributed by atoms with Gasteiger partial charge in [0.15, 0.2) is 0 Å². The first kappa shape index (κ1) is 16.2. The Morgan fingerprint density at radius 3 is 2.38 bits per heavy atom. The van der Waals surface area contributed by atoms with Crippen molar-refractivity contribution in [2.75, 3.05) is 4.72 Å². The number of benzene rings is 2. The molecule has 2 rings (SSSR count). The molecular formula is C13H10BrClN2O2S2. The van der Waals surface area contributed by atoms with E-state index in [2.05, 4.69) is 20.7 Å². The smallest absolute Gasteiger partial charge is 0.261 e. The maximum absolute atomic E-state index is 12.3. The molecule has 3 N–H and O–H groups in total. The summed E-state index contributed by atoms with van der Waals surface area (Å²) in [5.74, 6) is 0. The summed E-state index contributed by atoms with van der Waals surface area (Å²) < 4.78 is 27.9. The summed E-state index contributed by atoms with van der Waals surface area (Å²) in [7, 11) is -3.75. The number of nitrogens with two attached hydrogens (primary N) is 1. The van der Waals surface area contributed by atoms with Gasteiger partial charge in [0.2, 0.25) is 0 Å². The van der Waals surface area contributed by atoms with Crippen molar-refractivity contribution in [1.29, 1.82) is 0 Å². The summed E-state index contributed by atoms with van der Waals surface area (Å²) >= 11 is 14.0. The molecule has 0 saturated heterocycles. The molecule has 0 aliphatic carbocycles. The lowest BCUT2D eigenvalue weighted by atomic mass is 10.2. The van der Waals surface area contributed by atoms with Crippen LogP contribution in [0.3, 0.4) is 0 Å². The van der Waals surface area contributed by atoms with Crippen LogP contribution in [0.4, 0.5) is 5.69 Å². The quantitative estimate of drug-likeness (QED) is 0.763. The number of nitrogens with one attached hydrogen (secondary N) is 1. The fourth-order valence-corrected chi connectivity index (χ4v) is 3.37. The van der Waals surface area contributed by atoms with Crippen molar-refractivity contribution in [1.82, 2.24) is 0 Å². The number of halogens is 2. The molecule has 2 aromatic carbocycles. The van der Waals surface area contributed by atoms with Crippen LogP contribution in [0.1, 0.15) is 5.56 Å². The number of anilines is 1. The molecule has 0 bridgehead atoms. The standard InChI is InChI=1S/C13H10BrClN2O2S2/c14-8-1-6-11(13(16)20)12(7-8)17-21(18,19)10-4-2-9(15)3-5-10/h1-7,17H,(H2,16,20). The summed E-state index contributed by atoms with van der Waals surface area (Å²) in [6.45, 7) is 0. The molecule has 0 aromatic heterocycles. The van der Waals surface area contributed by atoms with Crippen LogP contribution in [0.5, 0.6) is 0 Å². The van der Waals surface area contributed by atoms with Gasteiger partial charge >= 0.3 is 0 Å². The zero-order valence-electron chi connectivity index (χ0n) is 10.5. The van der Waals surface area contributed by atoms with E-state index in [4.69, 9.17) is 29.6 Å². The van der Waals surface area contributed by atoms with Crippen molar-refractivity contribution >= 4 is 60.4 Å². The van der Waals surface area contributed by atoms with Gasteiger partial charge in [-0.15, -0.1) is 0 Å². The highest BCUT2D eigenvalue weighted by molar-refractivity contribution is 9.10. The van der Waals surface area contributed by atoms with E-state index in [1.54, 1.807) is 18.2 Å². The first-order chi connectivity index (χ1) is 9.79. The van der Waals surface area contributed by atoms with Crippen molar-refractivity contribution in [2.24, 2.45) is 5.73 Å². The van der Waals surface area contributed by atoms with Gasteiger partial charge < -0.3 is 5.73 Å². The van der Waals surface area contributed by atoms with Gasteiger partial charge in [0.25, 0.3) is 10.0 Å². The zero-order valence-corrected chi connectivity index (χ0v) is 14.5. The van der Waals surface area contributed by atoms with E-state index in [-0.39, 0.29) is 9.88 Å². The van der Waals surface area contributed by atoms with E-state index in [0.29, 0.717) is 20.7 Å². The topological polar surface area (TPSA) is 72.2 Å². The molecule has 0 heterocycles. The Kier molecular flexibility index (Phi) is 4.88. The fraction of sp³-hybridized carbons (Fsp3) is 0. The lowest BCUT2D eigenvalue weighted by Gasteiger charge is -2.12. The van der Waals surface area contributed by atoms with E-state index < -0.39 is 10.0 Å². The Bertz CT molecular complexity index is 792. The molecule has 0 unspecified atom stereocenters. The molecule has 0 spiro atoms. The molecule has 110 valence electrons. The largest absolute Gasteiger partial charge is 0.389 e. The number of hydrogen-bond donors (Lipinski definition) is 2. The van der Waals surface area contributed by atoms with E-state index in [1.165, 1.54) is 24.3 Å². The van der Waals surface area contributed by atoms with Gasteiger partial charge in [-0.1, -0.05) is 39.7 Å². The Labute approximate surface area is 141 Å². The molecule has 8 heteroatoms. The van der Waals surface area contributed by atoms with Crippen molar-refractivity contribution in [3.8, 4) is 0 Å². The Morgan fingerprint density at radius 2 is 1.81 bits per heavy atom. The maximum atomic E-state index is 12.3. The van der Waals surface area contributed by atoms with Crippen LogP contribution in [-0.2, 0) is 10.0 Å². The average Bonchev–Trinajstić information content (AvgIpc) is 2.38. The highest BCUT2D eigenvalue weighted by atomic mass is 79.9. The van der Waals surface area contributed by atoms with Crippen molar-refractivity contribution in [3.63, 3.8) is 0 Å². The van der Waals surface area contributed by atoms with E-state index in [9.17, 15) is 8.42 Å². The summed E-state index contributed by atoms with van der Waals surface area (Å²) in [5.41, 5.74) is 6.37. The number of hydrogen-bond acceptors (Lipinski definition) is 3. The number of sulfonamides is 1. The third-order valence-corrected chi connectivity index (χ3v) is 4.96. The highest BCUT2D eigenvalue weighted by Crippen LogP contribution is 2.25. The average molecular weight is 406 g/mol. The first-order valence-corrected chi connectivity index (χ1v) is 8.73. The molecule has 0 radical (unpaired) electrons. The van der Waals surface area contributed by atoms with Gasteiger partial charge in [-0.05, 0) is 42.5 Å². The minimum Gasteiger partial charge on any atom is -0.389 e. The zero-order chi connectivity index (χ0) is 15.6. The third kappa shape index (κ3) is 3.94. The second-order valence-electron chi connectivity index (χ2n) is 4.11. The highest BCUT2D eigenvalue weighted by Gasteiger charge is 2.17. The Hall–Kier alpha value is -1.15. The minimum absolute atomic E-state index is 0.0979. The normalized spacial score (nSPS) is 11.1. The van der Waals surface area contributed by atoms with Crippen LogP contribution < -0.4 is 10.5 Å². The van der Waals surface area contributed by atoms with Crippen molar-refractivity contribution in [2.45, 2.75) is 4.90 Å². The lowest BCUT2D eigenvalue weighted by molar-refractivity contribution is 0.601. The van der Waals surface area contributed by atoms with E-state index in [0.717, 1.165) is 0 Å². The molecule has 0 aliphatic rings. The summed E-state index contributed by atoms with van der Waals surface area (Å²) in [5, 5.41) is 0.459. The minimum atomic E-state index is -3.75. The molecule has 0 amide bonds. The Morgan fingerprint density at radius 1 is 1.19 bits per heavy atom. The van der Waals surface area contributed by atoms with Gasteiger partial charge in [-0.2, -0.15) is 0 Å². The summed E-state index contributed by atoms with van der Waals surface area (Å²) in [6.07, 6.45) is 0. The molecule has 0 fully saturated rings. The Balaban J connectivity index is 2.43. The van der Waals surface area contributed by atoms with Crippen molar-refractivity contribution < 1.29 is 8.42 Å². The lowest BCUT2D eigenvalue weighted by Crippen LogP contribution is -2.18. The summed E-state index contributed by atoms with van der Waals surface area (Å²) in [6, 6.07) is 10.8. The molecule has 21 heavy (non-hydrogen) atoms. The maximum Gasteiger partial charge on any atom is 0.261 e. The SMILES string of the molecule is NC(=S)c1ccc(Br)cc1NS(=O)(=O)c1ccc(Cl)cc1. The van der Waals surface area contributed by atoms with Crippen LogP contribution in [-0.4, -0.2) is 13.4 Å². The molecule has 2 aromatic rings. The van der Waals surface area contributed by atoms with Gasteiger partial charge in [0.1, 0.15) is 4.99 Å². The van der Waals surface area contributed by atoms with Crippen LogP contribution in [0.15, 0.2) is 51.8 Å². The fourth-order valence-electron chi connectivity index (χ4n) is 1.63. The van der Waals surface area contributed by atoms with Gasteiger partial charge in [-0.25, -0.2) is 8.42 Å². The predicted octanol–water partition coefficient (Wildman–Crippen LogP) is 3.54. The molecule has 0 atom stereocenters. The third-order valence-electron chi connectivity index (χ3n) is 2.62. The van der Waals surface area contributed by atoms with Gasteiger partial charge in [0, 0.05) is 15.1 Å². The van der Waals surface area contributed by atoms with Crippen LogP contribution in [0.25, 0.3) is 0 Å². The molecule has 0 aliphatic heterocycles. The second kappa shape index (κ2) is 6.31. The molecule has 4 nitrogen and oxygen atoms in total.